The second-order valence-corrected chi connectivity index (χ2v) is 3.11. The average Bonchev–Trinajstić information content (AvgIpc) is 2.67. The summed E-state index contributed by atoms with van der Waals surface area (Å²) in [7, 11) is 1.81. The summed E-state index contributed by atoms with van der Waals surface area (Å²) in [6, 6.07) is 10.1. The predicted molar refractivity (Wildman–Crippen MR) is 53.2 cm³/mol. The molecule has 2 rings (SSSR count). The molecular formula is C11H13NO2. The minimum atomic E-state index is -0.195. The van der Waals surface area contributed by atoms with E-state index in [0.29, 0.717) is 5.88 Å². The summed E-state index contributed by atoms with van der Waals surface area (Å²) in [5.41, 5.74) is 1.21. The van der Waals surface area contributed by atoms with Crippen molar-refractivity contribution in [2.24, 2.45) is 0 Å². The lowest BCUT2D eigenvalue weighted by molar-refractivity contribution is -0.0331. The minimum absolute atomic E-state index is 0.195. The number of hydrogen-bond acceptors (Lipinski definition) is 3. The summed E-state index contributed by atoms with van der Waals surface area (Å²) < 4.78 is 10.8. The van der Waals surface area contributed by atoms with E-state index in [4.69, 9.17) is 9.47 Å². The fourth-order valence-corrected chi connectivity index (χ4v) is 1.35. The van der Waals surface area contributed by atoms with Crippen LogP contribution in [0.4, 0.5) is 0 Å². The lowest BCUT2D eigenvalue weighted by Crippen LogP contribution is -2.15. The molecule has 1 aliphatic rings. The summed E-state index contributed by atoms with van der Waals surface area (Å²) in [5.74, 6) is 0.686. The van der Waals surface area contributed by atoms with Crippen molar-refractivity contribution in [3.05, 3.63) is 48.0 Å². The maximum Gasteiger partial charge on any atom is 0.246 e. The van der Waals surface area contributed by atoms with Crippen LogP contribution in [0.1, 0.15) is 5.56 Å². The van der Waals surface area contributed by atoms with E-state index < -0.39 is 0 Å². The highest BCUT2D eigenvalue weighted by atomic mass is 16.7. The molecule has 1 atom stereocenters. The van der Waals surface area contributed by atoms with Gasteiger partial charge in [-0.3, -0.25) is 0 Å². The van der Waals surface area contributed by atoms with Crippen molar-refractivity contribution in [1.29, 1.82) is 0 Å². The third-order valence-corrected chi connectivity index (χ3v) is 2.08. The van der Waals surface area contributed by atoms with Crippen LogP contribution in [0, 0.1) is 0 Å². The van der Waals surface area contributed by atoms with Crippen LogP contribution in [0.5, 0.6) is 0 Å². The number of nitrogens with one attached hydrogen (secondary N) is 1. The van der Waals surface area contributed by atoms with Gasteiger partial charge in [-0.1, -0.05) is 30.3 Å². The molecule has 1 unspecified atom stereocenters. The van der Waals surface area contributed by atoms with E-state index >= 15 is 0 Å². The second-order valence-electron chi connectivity index (χ2n) is 3.11. The first-order chi connectivity index (χ1) is 6.88. The fraction of sp³-hybridized carbons (Fsp3) is 0.273. The van der Waals surface area contributed by atoms with Crippen LogP contribution in [0.15, 0.2) is 42.5 Å². The van der Waals surface area contributed by atoms with Crippen LogP contribution in [-0.4, -0.2) is 13.3 Å². The van der Waals surface area contributed by atoms with Crippen LogP contribution in [0.2, 0.25) is 0 Å². The van der Waals surface area contributed by atoms with Crippen LogP contribution in [-0.2, 0) is 15.9 Å². The Labute approximate surface area is 83.3 Å². The van der Waals surface area contributed by atoms with E-state index in [-0.39, 0.29) is 6.29 Å². The molecule has 1 heterocycles. The van der Waals surface area contributed by atoms with Crippen LogP contribution >= 0.6 is 0 Å². The first kappa shape index (κ1) is 8.94. The molecule has 1 aromatic rings. The number of hydrogen-bond donors (Lipinski definition) is 1. The molecule has 0 saturated carbocycles. The van der Waals surface area contributed by atoms with E-state index in [1.54, 1.807) is 13.3 Å². The molecular weight excluding hydrogens is 178 g/mol. The molecule has 0 spiro atoms. The molecule has 1 aliphatic heterocycles. The topological polar surface area (TPSA) is 30.5 Å². The third-order valence-electron chi connectivity index (χ3n) is 2.08. The highest BCUT2D eigenvalue weighted by Crippen LogP contribution is 2.15. The van der Waals surface area contributed by atoms with Crippen molar-refractivity contribution < 1.29 is 9.47 Å². The summed E-state index contributed by atoms with van der Waals surface area (Å²) in [6.45, 7) is 0. The smallest absolute Gasteiger partial charge is 0.246 e. The lowest BCUT2D eigenvalue weighted by atomic mass is 10.1. The van der Waals surface area contributed by atoms with Crippen molar-refractivity contribution >= 4 is 0 Å². The Balaban J connectivity index is 1.90. The molecule has 1 N–H and O–H groups in total. The minimum Gasteiger partial charge on any atom is -0.457 e. The Morgan fingerprint density at radius 1 is 1.29 bits per heavy atom. The molecule has 0 amide bonds. The second kappa shape index (κ2) is 4.05. The normalized spacial score (nSPS) is 19.5. The highest BCUT2D eigenvalue weighted by molar-refractivity contribution is 5.15. The zero-order valence-corrected chi connectivity index (χ0v) is 8.07. The van der Waals surface area contributed by atoms with Gasteiger partial charge in [0.15, 0.2) is 0 Å². The highest BCUT2D eigenvalue weighted by Gasteiger charge is 2.18. The Morgan fingerprint density at radius 3 is 2.71 bits per heavy atom. The Bertz CT molecular complexity index is 321. The number of benzene rings is 1. The van der Waals surface area contributed by atoms with Gasteiger partial charge in [-0.15, -0.1) is 0 Å². The van der Waals surface area contributed by atoms with Gasteiger partial charge in [0.1, 0.15) is 6.26 Å². The third kappa shape index (κ3) is 1.99. The van der Waals surface area contributed by atoms with Gasteiger partial charge in [0, 0.05) is 13.5 Å². The van der Waals surface area contributed by atoms with Gasteiger partial charge in [-0.05, 0) is 5.56 Å². The van der Waals surface area contributed by atoms with Gasteiger partial charge in [0.05, 0.1) is 0 Å². The summed E-state index contributed by atoms with van der Waals surface area (Å²) >= 11 is 0. The largest absolute Gasteiger partial charge is 0.457 e. The number of ether oxygens (including phenoxy) is 2. The first-order valence-electron chi connectivity index (χ1n) is 4.62. The van der Waals surface area contributed by atoms with E-state index in [2.05, 4.69) is 17.4 Å². The quantitative estimate of drug-likeness (QED) is 0.787. The summed E-state index contributed by atoms with van der Waals surface area (Å²) in [4.78, 5) is 0. The zero-order chi connectivity index (χ0) is 9.80. The van der Waals surface area contributed by atoms with Gasteiger partial charge in [-0.2, -0.15) is 0 Å². The van der Waals surface area contributed by atoms with Crippen molar-refractivity contribution in [3.63, 3.8) is 0 Å². The Morgan fingerprint density at radius 2 is 2.07 bits per heavy atom. The summed E-state index contributed by atoms with van der Waals surface area (Å²) in [5, 5.41) is 2.89. The molecule has 0 aliphatic carbocycles. The van der Waals surface area contributed by atoms with Gasteiger partial charge in [0.25, 0.3) is 0 Å². The molecule has 3 heteroatoms. The van der Waals surface area contributed by atoms with Gasteiger partial charge >= 0.3 is 0 Å². The molecule has 0 saturated heterocycles. The average molecular weight is 191 g/mol. The van der Waals surface area contributed by atoms with Gasteiger partial charge in [0.2, 0.25) is 12.2 Å². The Kier molecular flexibility index (Phi) is 2.58. The van der Waals surface area contributed by atoms with E-state index in [9.17, 15) is 0 Å². The van der Waals surface area contributed by atoms with Crippen molar-refractivity contribution in [2.45, 2.75) is 12.7 Å². The van der Waals surface area contributed by atoms with E-state index in [1.165, 1.54) is 5.56 Å². The van der Waals surface area contributed by atoms with Gasteiger partial charge in [-0.25, -0.2) is 0 Å². The predicted octanol–water partition coefficient (Wildman–Crippen LogP) is 1.62. The molecule has 0 radical (unpaired) electrons. The van der Waals surface area contributed by atoms with Crippen molar-refractivity contribution in [3.8, 4) is 0 Å². The molecule has 3 nitrogen and oxygen atoms in total. The SMILES string of the molecule is CNC1=COC(Cc2ccccc2)O1. The molecule has 0 aromatic heterocycles. The molecule has 14 heavy (non-hydrogen) atoms. The van der Waals surface area contributed by atoms with Crippen LogP contribution in [0.3, 0.4) is 0 Å². The summed E-state index contributed by atoms with van der Waals surface area (Å²) in [6.07, 6.45) is 2.18. The fourth-order valence-electron chi connectivity index (χ4n) is 1.35. The monoisotopic (exact) mass is 191 g/mol. The van der Waals surface area contributed by atoms with Crippen molar-refractivity contribution in [1.82, 2.24) is 5.32 Å². The Hall–Kier alpha value is -1.64. The maximum atomic E-state index is 5.44. The van der Waals surface area contributed by atoms with E-state index in [1.807, 2.05) is 18.2 Å². The standard InChI is InChI=1S/C11H13NO2/c1-12-10-8-13-11(14-10)7-9-5-3-2-4-6-9/h2-6,8,11-12H,7H2,1H3. The van der Waals surface area contributed by atoms with Gasteiger partial charge < -0.3 is 14.8 Å². The zero-order valence-electron chi connectivity index (χ0n) is 8.07. The van der Waals surface area contributed by atoms with Crippen LogP contribution < -0.4 is 5.32 Å². The molecule has 74 valence electrons. The molecule has 0 bridgehead atoms. The molecule has 0 fully saturated rings. The number of rotatable bonds is 3. The van der Waals surface area contributed by atoms with Crippen LogP contribution in [0.25, 0.3) is 0 Å². The maximum absolute atomic E-state index is 5.44. The van der Waals surface area contributed by atoms with Crippen molar-refractivity contribution in [2.75, 3.05) is 7.05 Å². The lowest BCUT2D eigenvalue weighted by Gasteiger charge is -2.11. The first-order valence-corrected chi connectivity index (χ1v) is 4.62. The molecule has 1 aromatic carbocycles. The van der Waals surface area contributed by atoms with E-state index in [0.717, 1.165) is 6.42 Å².